The lowest BCUT2D eigenvalue weighted by Gasteiger charge is -2.17. The summed E-state index contributed by atoms with van der Waals surface area (Å²) >= 11 is 0. The molecule has 0 aromatic rings. The zero-order chi connectivity index (χ0) is 9.78. The van der Waals surface area contributed by atoms with E-state index in [1.165, 1.54) is 0 Å². The largest absolute Gasteiger partial charge is 0.370 e. The first-order valence-electron chi connectivity index (χ1n) is 3.69. The molecule has 0 radical (unpaired) electrons. The van der Waals surface area contributed by atoms with E-state index in [4.69, 9.17) is 11.5 Å². The molecule has 0 spiro atoms. The van der Waals surface area contributed by atoms with Crippen molar-refractivity contribution in [2.75, 3.05) is 6.54 Å². The highest BCUT2D eigenvalue weighted by Crippen LogP contribution is 1.94. The van der Waals surface area contributed by atoms with Crippen molar-refractivity contribution in [1.29, 1.82) is 0 Å². The highest BCUT2D eigenvalue weighted by molar-refractivity contribution is 5.85. The zero-order valence-electron chi connectivity index (χ0n) is 7.39. The summed E-state index contributed by atoms with van der Waals surface area (Å²) in [5.74, 6) is -0.728. The standard InChI is InChI=1S/C7H15N3O2/c1-7(2,9)6(12)10-4-3-5(8)11/h3-4,9H2,1-2H3,(H2,8,11)(H,10,12). The summed E-state index contributed by atoms with van der Waals surface area (Å²) in [5.41, 5.74) is 9.43. The second-order valence-electron chi connectivity index (χ2n) is 3.19. The molecule has 70 valence electrons. The molecular weight excluding hydrogens is 158 g/mol. The van der Waals surface area contributed by atoms with E-state index in [2.05, 4.69) is 5.32 Å². The van der Waals surface area contributed by atoms with Gasteiger partial charge in [0.05, 0.1) is 5.54 Å². The van der Waals surface area contributed by atoms with Crippen molar-refractivity contribution in [3.63, 3.8) is 0 Å². The highest BCUT2D eigenvalue weighted by Gasteiger charge is 2.20. The number of hydrogen-bond donors (Lipinski definition) is 3. The maximum atomic E-state index is 11.1. The van der Waals surface area contributed by atoms with Crippen LogP contribution in [0.2, 0.25) is 0 Å². The van der Waals surface area contributed by atoms with Crippen molar-refractivity contribution in [3.05, 3.63) is 0 Å². The van der Waals surface area contributed by atoms with Gasteiger partial charge in [0.2, 0.25) is 11.8 Å². The van der Waals surface area contributed by atoms with Gasteiger partial charge in [-0.1, -0.05) is 0 Å². The Bertz CT molecular complexity index is 184. The van der Waals surface area contributed by atoms with E-state index in [1.54, 1.807) is 13.8 Å². The van der Waals surface area contributed by atoms with Crippen molar-refractivity contribution in [1.82, 2.24) is 5.32 Å². The van der Waals surface area contributed by atoms with Crippen molar-refractivity contribution < 1.29 is 9.59 Å². The Kier molecular flexibility index (Phi) is 3.69. The summed E-state index contributed by atoms with van der Waals surface area (Å²) in [5, 5.41) is 2.49. The molecule has 0 aliphatic heterocycles. The van der Waals surface area contributed by atoms with Crippen LogP contribution in [0.3, 0.4) is 0 Å². The summed E-state index contributed by atoms with van der Waals surface area (Å²) in [6.45, 7) is 3.42. The Morgan fingerprint density at radius 1 is 1.42 bits per heavy atom. The number of rotatable bonds is 4. The van der Waals surface area contributed by atoms with Gasteiger partial charge in [0.25, 0.3) is 0 Å². The molecular formula is C7H15N3O2. The van der Waals surface area contributed by atoms with Gasteiger partial charge < -0.3 is 16.8 Å². The molecule has 0 heterocycles. The summed E-state index contributed by atoms with van der Waals surface area (Å²) in [6.07, 6.45) is 0.141. The van der Waals surface area contributed by atoms with Crippen molar-refractivity contribution in [2.24, 2.45) is 11.5 Å². The summed E-state index contributed by atoms with van der Waals surface area (Å²) < 4.78 is 0. The number of hydrogen-bond acceptors (Lipinski definition) is 3. The monoisotopic (exact) mass is 173 g/mol. The maximum Gasteiger partial charge on any atom is 0.239 e. The Morgan fingerprint density at radius 3 is 2.25 bits per heavy atom. The summed E-state index contributed by atoms with van der Waals surface area (Å²) in [4.78, 5) is 21.3. The van der Waals surface area contributed by atoms with E-state index >= 15 is 0 Å². The molecule has 2 amide bonds. The quantitative estimate of drug-likeness (QED) is 0.493. The molecule has 0 aromatic carbocycles. The van der Waals surface area contributed by atoms with Gasteiger partial charge in [0.15, 0.2) is 0 Å². The first kappa shape index (κ1) is 10.9. The van der Waals surface area contributed by atoms with Crippen LogP contribution in [0.25, 0.3) is 0 Å². The smallest absolute Gasteiger partial charge is 0.239 e. The lowest BCUT2D eigenvalue weighted by molar-refractivity contribution is -0.125. The second-order valence-corrected chi connectivity index (χ2v) is 3.19. The molecule has 0 fully saturated rings. The zero-order valence-corrected chi connectivity index (χ0v) is 7.39. The fourth-order valence-corrected chi connectivity index (χ4v) is 0.527. The lowest BCUT2D eigenvalue weighted by atomic mass is 10.1. The molecule has 0 saturated carbocycles. The normalized spacial score (nSPS) is 10.9. The van der Waals surface area contributed by atoms with Gasteiger partial charge in [-0.2, -0.15) is 0 Å². The minimum Gasteiger partial charge on any atom is -0.370 e. The number of amides is 2. The van der Waals surface area contributed by atoms with Crippen LogP contribution in [0.1, 0.15) is 20.3 Å². The molecule has 5 N–H and O–H groups in total. The number of primary amides is 1. The molecule has 12 heavy (non-hydrogen) atoms. The van der Waals surface area contributed by atoms with Gasteiger partial charge >= 0.3 is 0 Å². The van der Waals surface area contributed by atoms with Crippen LogP contribution in [-0.4, -0.2) is 23.9 Å². The van der Waals surface area contributed by atoms with Crippen LogP contribution in [-0.2, 0) is 9.59 Å². The van der Waals surface area contributed by atoms with Crippen LogP contribution in [0.5, 0.6) is 0 Å². The third kappa shape index (κ3) is 4.68. The highest BCUT2D eigenvalue weighted by atomic mass is 16.2. The number of carbonyl (C=O) groups excluding carboxylic acids is 2. The van der Waals surface area contributed by atoms with Gasteiger partial charge in [-0.3, -0.25) is 9.59 Å². The predicted molar refractivity (Wildman–Crippen MR) is 45.1 cm³/mol. The van der Waals surface area contributed by atoms with E-state index in [1.807, 2.05) is 0 Å². The molecule has 0 aliphatic carbocycles. The summed E-state index contributed by atoms with van der Waals surface area (Å²) in [6, 6.07) is 0. The second kappa shape index (κ2) is 4.06. The van der Waals surface area contributed by atoms with E-state index in [0.29, 0.717) is 0 Å². The van der Waals surface area contributed by atoms with E-state index in [-0.39, 0.29) is 18.9 Å². The van der Waals surface area contributed by atoms with Gasteiger partial charge in [-0.05, 0) is 13.8 Å². The van der Waals surface area contributed by atoms with Crippen LogP contribution in [0.15, 0.2) is 0 Å². The molecule has 0 atom stereocenters. The number of nitrogens with two attached hydrogens (primary N) is 2. The fourth-order valence-electron chi connectivity index (χ4n) is 0.527. The Balaban J connectivity index is 3.66. The van der Waals surface area contributed by atoms with Crippen molar-refractivity contribution in [2.45, 2.75) is 25.8 Å². The molecule has 0 aliphatic rings. The van der Waals surface area contributed by atoms with Gasteiger partial charge in [-0.25, -0.2) is 0 Å². The first-order chi connectivity index (χ1) is 5.34. The van der Waals surface area contributed by atoms with Gasteiger partial charge in [0.1, 0.15) is 0 Å². The Hall–Kier alpha value is -1.10. The average Bonchev–Trinajstić information content (AvgIpc) is 1.84. The lowest BCUT2D eigenvalue weighted by Crippen LogP contribution is -2.49. The number of nitrogens with one attached hydrogen (secondary N) is 1. The third-order valence-corrected chi connectivity index (χ3v) is 1.24. The molecule has 0 aromatic heterocycles. The SMILES string of the molecule is CC(C)(N)C(=O)NCCC(N)=O. The number of carbonyl (C=O) groups is 2. The van der Waals surface area contributed by atoms with E-state index in [0.717, 1.165) is 0 Å². The van der Waals surface area contributed by atoms with Crippen LogP contribution >= 0.6 is 0 Å². The van der Waals surface area contributed by atoms with Crippen LogP contribution in [0.4, 0.5) is 0 Å². The molecule has 5 nitrogen and oxygen atoms in total. The molecule has 0 unspecified atom stereocenters. The van der Waals surface area contributed by atoms with E-state index in [9.17, 15) is 9.59 Å². The third-order valence-electron chi connectivity index (χ3n) is 1.24. The topological polar surface area (TPSA) is 98.2 Å². The minimum atomic E-state index is -0.905. The molecule has 5 heteroatoms. The molecule has 0 rings (SSSR count). The van der Waals surface area contributed by atoms with Gasteiger partial charge in [-0.15, -0.1) is 0 Å². The summed E-state index contributed by atoms with van der Waals surface area (Å²) in [7, 11) is 0. The fraction of sp³-hybridized carbons (Fsp3) is 0.714. The molecule has 0 bridgehead atoms. The average molecular weight is 173 g/mol. The maximum absolute atomic E-state index is 11.1. The van der Waals surface area contributed by atoms with Crippen LogP contribution in [0, 0.1) is 0 Å². The van der Waals surface area contributed by atoms with Gasteiger partial charge in [0, 0.05) is 13.0 Å². The van der Waals surface area contributed by atoms with Crippen molar-refractivity contribution >= 4 is 11.8 Å². The predicted octanol–water partition coefficient (Wildman–Crippen LogP) is -1.28. The first-order valence-corrected chi connectivity index (χ1v) is 3.69. The molecule has 0 saturated heterocycles. The van der Waals surface area contributed by atoms with Crippen LogP contribution < -0.4 is 16.8 Å². The minimum absolute atomic E-state index is 0.141. The van der Waals surface area contributed by atoms with E-state index < -0.39 is 11.4 Å². The Morgan fingerprint density at radius 2 is 1.92 bits per heavy atom. The Labute approximate surface area is 71.5 Å². The van der Waals surface area contributed by atoms with Crippen molar-refractivity contribution in [3.8, 4) is 0 Å².